The van der Waals surface area contributed by atoms with Crippen molar-refractivity contribution in [2.75, 3.05) is 13.2 Å². The predicted octanol–water partition coefficient (Wildman–Crippen LogP) is 2.02. The van der Waals surface area contributed by atoms with Crippen LogP contribution >= 0.6 is 0 Å². The molecule has 0 saturated heterocycles. The number of rotatable bonds is 8. The van der Waals surface area contributed by atoms with Crippen LogP contribution in [0.5, 0.6) is 0 Å². The van der Waals surface area contributed by atoms with E-state index in [-0.39, 0.29) is 5.91 Å². The van der Waals surface area contributed by atoms with Gasteiger partial charge in [0.05, 0.1) is 12.1 Å². The van der Waals surface area contributed by atoms with Crippen molar-refractivity contribution in [1.29, 1.82) is 0 Å². The van der Waals surface area contributed by atoms with Gasteiger partial charge in [-0.05, 0) is 31.2 Å². The minimum absolute atomic E-state index is 0.0836. The summed E-state index contributed by atoms with van der Waals surface area (Å²) < 4.78 is 5.76. The second-order valence-corrected chi connectivity index (χ2v) is 5.72. The summed E-state index contributed by atoms with van der Waals surface area (Å²) >= 11 is 0. The summed E-state index contributed by atoms with van der Waals surface area (Å²) in [5.41, 5.74) is 7.01. The third kappa shape index (κ3) is 5.86. The molecule has 1 aliphatic rings. The van der Waals surface area contributed by atoms with Gasteiger partial charge in [0, 0.05) is 13.2 Å². The van der Waals surface area contributed by atoms with Gasteiger partial charge in [-0.1, -0.05) is 43.2 Å². The van der Waals surface area contributed by atoms with Gasteiger partial charge in [0.15, 0.2) is 0 Å². The van der Waals surface area contributed by atoms with Crippen LogP contribution in [0.15, 0.2) is 30.3 Å². The summed E-state index contributed by atoms with van der Waals surface area (Å²) in [5.74, 6) is -0.0836. The summed E-state index contributed by atoms with van der Waals surface area (Å²) in [4.78, 5) is 11.9. The lowest BCUT2D eigenvalue weighted by Crippen LogP contribution is -2.42. The molecule has 2 rings (SSSR count). The summed E-state index contributed by atoms with van der Waals surface area (Å²) in [5, 5.41) is 2.88. The average molecular weight is 290 g/mol. The van der Waals surface area contributed by atoms with E-state index in [4.69, 9.17) is 10.5 Å². The van der Waals surface area contributed by atoms with Gasteiger partial charge in [-0.15, -0.1) is 0 Å². The van der Waals surface area contributed by atoms with E-state index in [9.17, 15) is 4.79 Å². The molecular formula is C17H26N2O2. The first kappa shape index (κ1) is 16.0. The first-order valence-corrected chi connectivity index (χ1v) is 7.94. The van der Waals surface area contributed by atoms with Crippen LogP contribution in [-0.2, 0) is 16.0 Å². The summed E-state index contributed by atoms with van der Waals surface area (Å²) in [6, 6.07) is 9.37. The van der Waals surface area contributed by atoms with E-state index in [1.165, 1.54) is 25.7 Å². The number of hydrogen-bond donors (Lipinski definition) is 2. The third-order valence-corrected chi connectivity index (χ3v) is 3.91. The monoisotopic (exact) mass is 290 g/mol. The fourth-order valence-corrected chi connectivity index (χ4v) is 2.68. The molecular weight excluding hydrogens is 264 g/mol. The second kappa shape index (κ2) is 8.80. The maximum Gasteiger partial charge on any atom is 0.237 e. The van der Waals surface area contributed by atoms with Crippen LogP contribution in [0.25, 0.3) is 0 Å². The summed E-state index contributed by atoms with van der Waals surface area (Å²) in [7, 11) is 0. The van der Waals surface area contributed by atoms with E-state index in [1.54, 1.807) is 0 Å². The Bertz CT molecular complexity index is 416. The highest BCUT2D eigenvalue weighted by Crippen LogP contribution is 2.20. The van der Waals surface area contributed by atoms with Crippen molar-refractivity contribution in [2.24, 2.45) is 5.73 Å². The highest BCUT2D eigenvalue weighted by molar-refractivity contribution is 5.81. The lowest BCUT2D eigenvalue weighted by molar-refractivity contribution is -0.122. The molecule has 1 aromatic carbocycles. The summed E-state index contributed by atoms with van der Waals surface area (Å²) in [6.07, 6.45) is 6.82. The lowest BCUT2D eigenvalue weighted by atomic mass is 10.1. The Morgan fingerprint density at radius 2 is 2.00 bits per heavy atom. The molecule has 3 N–H and O–H groups in total. The Kier molecular flexibility index (Phi) is 6.70. The quantitative estimate of drug-likeness (QED) is 0.720. The largest absolute Gasteiger partial charge is 0.378 e. The van der Waals surface area contributed by atoms with Gasteiger partial charge in [-0.3, -0.25) is 4.79 Å². The zero-order valence-electron chi connectivity index (χ0n) is 12.6. The molecule has 21 heavy (non-hydrogen) atoms. The Morgan fingerprint density at radius 3 is 2.71 bits per heavy atom. The molecule has 0 bridgehead atoms. The normalized spacial score (nSPS) is 16.8. The Labute approximate surface area is 127 Å². The zero-order chi connectivity index (χ0) is 14.9. The molecule has 0 aromatic heterocycles. The van der Waals surface area contributed by atoms with Crippen molar-refractivity contribution < 1.29 is 9.53 Å². The molecule has 1 aromatic rings. The van der Waals surface area contributed by atoms with Crippen molar-refractivity contribution in [3.05, 3.63) is 35.9 Å². The molecule has 0 aliphatic heterocycles. The van der Waals surface area contributed by atoms with Crippen LogP contribution in [0, 0.1) is 0 Å². The number of nitrogens with one attached hydrogen (secondary N) is 1. The molecule has 1 atom stereocenters. The Balaban J connectivity index is 1.56. The fourth-order valence-electron chi connectivity index (χ4n) is 2.68. The highest BCUT2D eigenvalue weighted by atomic mass is 16.5. The number of ether oxygens (including phenoxy) is 1. The highest BCUT2D eigenvalue weighted by Gasteiger charge is 2.15. The standard InChI is InChI=1S/C17H26N2O2/c18-16(13-14-7-2-1-3-8-14)17(20)19-11-6-12-21-15-9-4-5-10-15/h1-3,7-8,15-16H,4-6,9-13,18H2,(H,19,20)/t16-/m0/s1. The molecule has 1 aliphatic carbocycles. The van der Waals surface area contributed by atoms with E-state index in [0.717, 1.165) is 18.6 Å². The van der Waals surface area contributed by atoms with Crippen LogP contribution in [0.4, 0.5) is 0 Å². The molecule has 0 unspecified atom stereocenters. The molecule has 1 fully saturated rings. The van der Waals surface area contributed by atoms with E-state index in [1.807, 2.05) is 30.3 Å². The van der Waals surface area contributed by atoms with Gasteiger partial charge in [0.25, 0.3) is 0 Å². The maximum absolute atomic E-state index is 11.9. The van der Waals surface area contributed by atoms with Crippen molar-refractivity contribution in [1.82, 2.24) is 5.32 Å². The van der Waals surface area contributed by atoms with Crippen molar-refractivity contribution in [3.8, 4) is 0 Å². The number of benzene rings is 1. The average Bonchev–Trinajstić information content (AvgIpc) is 3.01. The van der Waals surface area contributed by atoms with E-state index >= 15 is 0 Å². The van der Waals surface area contributed by atoms with Crippen LogP contribution < -0.4 is 11.1 Å². The third-order valence-electron chi connectivity index (χ3n) is 3.91. The first-order valence-electron chi connectivity index (χ1n) is 7.94. The number of nitrogens with two attached hydrogens (primary N) is 1. The van der Waals surface area contributed by atoms with E-state index < -0.39 is 6.04 Å². The fraction of sp³-hybridized carbons (Fsp3) is 0.588. The number of carbonyl (C=O) groups excluding carboxylic acids is 1. The summed E-state index contributed by atoms with van der Waals surface area (Å²) in [6.45, 7) is 1.35. The Morgan fingerprint density at radius 1 is 1.29 bits per heavy atom. The van der Waals surface area contributed by atoms with Gasteiger partial charge in [0.2, 0.25) is 5.91 Å². The molecule has 0 spiro atoms. The molecule has 4 nitrogen and oxygen atoms in total. The first-order chi connectivity index (χ1) is 10.3. The van der Waals surface area contributed by atoms with E-state index in [2.05, 4.69) is 5.32 Å². The zero-order valence-corrected chi connectivity index (χ0v) is 12.6. The maximum atomic E-state index is 11.9. The van der Waals surface area contributed by atoms with Crippen molar-refractivity contribution in [2.45, 2.75) is 50.7 Å². The van der Waals surface area contributed by atoms with Crippen LogP contribution in [0.3, 0.4) is 0 Å². The number of amides is 1. The van der Waals surface area contributed by atoms with Gasteiger partial charge < -0.3 is 15.8 Å². The molecule has 4 heteroatoms. The molecule has 1 amide bonds. The minimum atomic E-state index is -0.483. The van der Waals surface area contributed by atoms with Crippen molar-refractivity contribution in [3.63, 3.8) is 0 Å². The minimum Gasteiger partial charge on any atom is -0.378 e. The number of hydrogen-bond acceptors (Lipinski definition) is 3. The SMILES string of the molecule is N[C@@H](Cc1ccccc1)C(=O)NCCCOC1CCCC1. The lowest BCUT2D eigenvalue weighted by Gasteiger charge is -2.13. The number of carbonyl (C=O) groups is 1. The van der Waals surface area contributed by atoms with E-state index in [0.29, 0.717) is 19.1 Å². The smallest absolute Gasteiger partial charge is 0.237 e. The molecule has 1 saturated carbocycles. The Hall–Kier alpha value is -1.39. The predicted molar refractivity (Wildman–Crippen MR) is 84.0 cm³/mol. The molecule has 0 heterocycles. The van der Waals surface area contributed by atoms with Gasteiger partial charge >= 0.3 is 0 Å². The van der Waals surface area contributed by atoms with Gasteiger partial charge in [-0.2, -0.15) is 0 Å². The molecule has 0 radical (unpaired) electrons. The van der Waals surface area contributed by atoms with Crippen LogP contribution in [0.2, 0.25) is 0 Å². The molecule has 116 valence electrons. The second-order valence-electron chi connectivity index (χ2n) is 5.72. The van der Waals surface area contributed by atoms with Gasteiger partial charge in [0.1, 0.15) is 0 Å². The van der Waals surface area contributed by atoms with Gasteiger partial charge in [-0.25, -0.2) is 0 Å². The topological polar surface area (TPSA) is 64.4 Å². The van der Waals surface area contributed by atoms with Crippen LogP contribution in [-0.4, -0.2) is 31.2 Å². The van der Waals surface area contributed by atoms with Crippen LogP contribution in [0.1, 0.15) is 37.7 Å². The van der Waals surface area contributed by atoms with Crippen molar-refractivity contribution >= 4 is 5.91 Å².